The van der Waals surface area contributed by atoms with Crippen molar-refractivity contribution in [3.05, 3.63) is 12.4 Å². The van der Waals surface area contributed by atoms with Crippen molar-refractivity contribution in [2.75, 3.05) is 12.3 Å². The summed E-state index contributed by atoms with van der Waals surface area (Å²) in [5.41, 5.74) is 0. The highest BCUT2D eigenvalue weighted by molar-refractivity contribution is 7.99. The number of hydrogen-bond donors (Lipinski definition) is 1. The first kappa shape index (κ1) is 11.0. The van der Waals surface area contributed by atoms with Crippen LogP contribution in [0.3, 0.4) is 0 Å². The predicted molar refractivity (Wildman–Crippen MR) is 64.2 cm³/mol. The van der Waals surface area contributed by atoms with E-state index in [9.17, 15) is 0 Å². The lowest BCUT2D eigenvalue weighted by molar-refractivity contribution is 0.545. The van der Waals surface area contributed by atoms with Crippen molar-refractivity contribution in [3.63, 3.8) is 0 Å². The molecule has 1 aromatic rings. The van der Waals surface area contributed by atoms with Crippen LogP contribution in [0, 0.1) is 0 Å². The number of imidazole rings is 1. The molecule has 0 amide bonds. The van der Waals surface area contributed by atoms with E-state index in [-0.39, 0.29) is 0 Å². The Balaban J connectivity index is 1.60. The highest BCUT2D eigenvalue weighted by atomic mass is 32.2. The first-order valence-corrected chi connectivity index (χ1v) is 6.68. The molecule has 1 N–H and O–H groups in total. The van der Waals surface area contributed by atoms with Crippen molar-refractivity contribution < 1.29 is 0 Å². The summed E-state index contributed by atoms with van der Waals surface area (Å²) in [7, 11) is 2.04. The van der Waals surface area contributed by atoms with Crippen LogP contribution in [0.15, 0.2) is 17.6 Å². The zero-order valence-electron chi connectivity index (χ0n) is 9.28. The van der Waals surface area contributed by atoms with E-state index in [4.69, 9.17) is 0 Å². The van der Waals surface area contributed by atoms with Crippen LogP contribution >= 0.6 is 11.8 Å². The zero-order valence-corrected chi connectivity index (χ0v) is 10.1. The lowest BCUT2D eigenvalue weighted by atomic mass is 10.2. The van der Waals surface area contributed by atoms with Gasteiger partial charge < -0.3 is 9.88 Å². The van der Waals surface area contributed by atoms with Gasteiger partial charge in [0.2, 0.25) is 0 Å². The molecule has 0 aromatic carbocycles. The molecule has 0 saturated heterocycles. The minimum Gasteiger partial charge on any atom is -0.329 e. The largest absolute Gasteiger partial charge is 0.329 e. The molecule has 1 saturated carbocycles. The summed E-state index contributed by atoms with van der Waals surface area (Å²) in [5, 5.41) is 4.72. The number of nitrogens with zero attached hydrogens (tertiary/aromatic N) is 2. The molecule has 1 fully saturated rings. The molecule has 0 spiro atoms. The summed E-state index contributed by atoms with van der Waals surface area (Å²) in [4.78, 5) is 4.28. The maximum absolute atomic E-state index is 4.28. The molecule has 0 aliphatic heterocycles. The Kier molecular flexibility index (Phi) is 4.09. The molecule has 1 aliphatic rings. The van der Waals surface area contributed by atoms with Crippen molar-refractivity contribution in [2.24, 2.45) is 7.05 Å². The van der Waals surface area contributed by atoms with E-state index in [1.165, 1.54) is 25.7 Å². The fourth-order valence-corrected chi connectivity index (χ4v) is 2.83. The molecule has 84 valence electrons. The van der Waals surface area contributed by atoms with Gasteiger partial charge in [0.1, 0.15) is 0 Å². The number of aryl methyl sites for hydroxylation is 1. The van der Waals surface area contributed by atoms with Gasteiger partial charge in [-0.15, -0.1) is 0 Å². The summed E-state index contributed by atoms with van der Waals surface area (Å²) in [5.74, 6) is 1.11. The number of nitrogens with one attached hydrogen (secondary N) is 1. The topological polar surface area (TPSA) is 29.9 Å². The van der Waals surface area contributed by atoms with Gasteiger partial charge in [-0.1, -0.05) is 24.6 Å². The third-order valence-corrected chi connectivity index (χ3v) is 3.96. The lowest BCUT2D eigenvalue weighted by Gasteiger charge is -2.10. The average molecular weight is 225 g/mol. The summed E-state index contributed by atoms with van der Waals surface area (Å²) in [6, 6.07) is 0.784. The van der Waals surface area contributed by atoms with E-state index in [0.717, 1.165) is 23.5 Å². The Bertz CT molecular complexity index is 292. The molecule has 0 bridgehead atoms. The maximum atomic E-state index is 4.28. The van der Waals surface area contributed by atoms with Crippen LogP contribution in [0.2, 0.25) is 0 Å². The molecular formula is C11H19N3S. The standard InChI is InChI=1S/C11H19N3S/c1-14-8-6-13-11(14)15-9-7-12-10-4-2-3-5-10/h6,8,10,12H,2-5,7,9H2,1H3. The summed E-state index contributed by atoms with van der Waals surface area (Å²) in [6.07, 6.45) is 9.40. The van der Waals surface area contributed by atoms with Gasteiger partial charge in [0.25, 0.3) is 0 Å². The molecule has 3 nitrogen and oxygen atoms in total. The fraction of sp³-hybridized carbons (Fsp3) is 0.727. The summed E-state index contributed by atoms with van der Waals surface area (Å²) < 4.78 is 2.07. The molecule has 4 heteroatoms. The van der Waals surface area contributed by atoms with Gasteiger partial charge in [-0.2, -0.15) is 0 Å². The van der Waals surface area contributed by atoms with Gasteiger partial charge in [0.05, 0.1) is 0 Å². The summed E-state index contributed by atoms with van der Waals surface area (Å²) in [6.45, 7) is 1.10. The molecular weight excluding hydrogens is 206 g/mol. The van der Waals surface area contributed by atoms with Gasteiger partial charge in [-0.25, -0.2) is 4.98 Å². The number of rotatable bonds is 5. The van der Waals surface area contributed by atoms with Crippen molar-refractivity contribution in [2.45, 2.75) is 36.9 Å². The second-order valence-electron chi connectivity index (χ2n) is 4.10. The first-order valence-electron chi connectivity index (χ1n) is 5.70. The second-order valence-corrected chi connectivity index (χ2v) is 5.17. The summed E-state index contributed by atoms with van der Waals surface area (Å²) >= 11 is 1.83. The quantitative estimate of drug-likeness (QED) is 0.614. The van der Waals surface area contributed by atoms with E-state index in [0.29, 0.717) is 0 Å². The monoisotopic (exact) mass is 225 g/mol. The van der Waals surface area contributed by atoms with Crippen LogP contribution in [0.1, 0.15) is 25.7 Å². The average Bonchev–Trinajstić information content (AvgIpc) is 2.85. The minimum absolute atomic E-state index is 0.784. The number of thioether (sulfide) groups is 1. The smallest absolute Gasteiger partial charge is 0.167 e. The van der Waals surface area contributed by atoms with Crippen molar-refractivity contribution in [1.29, 1.82) is 0 Å². The Labute approximate surface area is 95.7 Å². The highest BCUT2D eigenvalue weighted by Gasteiger charge is 2.13. The second kappa shape index (κ2) is 5.56. The molecule has 15 heavy (non-hydrogen) atoms. The minimum atomic E-state index is 0.784. The van der Waals surface area contributed by atoms with Crippen molar-refractivity contribution >= 4 is 11.8 Å². The van der Waals surface area contributed by atoms with Crippen molar-refractivity contribution in [1.82, 2.24) is 14.9 Å². The van der Waals surface area contributed by atoms with Gasteiger partial charge in [-0.3, -0.25) is 0 Å². The van der Waals surface area contributed by atoms with E-state index >= 15 is 0 Å². The van der Waals surface area contributed by atoms with Crippen LogP contribution in [-0.2, 0) is 7.05 Å². The number of hydrogen-bond acceptors (Lipinski definition) is 3. The lowest BCUT2D eigenvalue weighted by Crippen LogP contribution is -2.28. The number of aromatic nitrogens is 2. The van der Waals surface area contributed by atoms with Crippen LogP contribution in [0.5, 0.6) is 0 Å². The third kappa shape index (κ3) is 3.24. The van der Waals surface area contributed by atoms with Gasteiger partial charge in [0.15, 0.2) is 5.16 Å². The third-order valence-electron chi connectivity index (χ3n) is 2.90. The van der Waals surface area contributed by atoms with Gasteiger partial charge in [0, 0.05) is 37.8 Å². The molecule has 0 atom stereocenters. The molecule has 1 heterocycles. The van der Waals surface area contributed by atoms with E-state index in [1.807, 2.05) is 31.2 Å². The molecule has 1 aromatic heterocycles. The first-order chi connectivity index (χ1) is 7.36. The van der Waals surface area contributed by atoms with Gasteiger partial charge >= 0.3 is 0 Å². The molecule has 2 rings (SSSR count). The van der Waals surface area contributed by atoms with Gasteiger partial charge in [-0.05, 0) is 12.8 Å². The Morgan fingerprint density at radius 1 is 1.53 bits per heavy atom. The van der Waals surface area contributed by atoms with E-state index < -0.39 is 0 Å². The van der Waals surface area contributed by atoms with Crippen LogP contribution in [0.4, 0.5) is 0 Å². The Morgan fingerprint density at radius 3 is 3.00 bits per heavy atom. The van der Waals surface area contributed by atoms with Crippen molar-refractivity contribution in [3.8, 4) is 0 Å². The van der Waals surface area contributed by atoms with Crippen LogP contribution < -0.4 is 5.32 Å². The van der Waals surface area contributed by atoms with E-state index in [2.05, 4.69) is 14.9 Å². The zero-order chi connectivity index (χ0) is 10.5. The fourth-order valence-electron chi connectivity index (χ4n) is 2.03. The van der Waals surface area contributed by atoms with Crippen LogP contribution in [0.25, 0.3) is 0 Å². The molecule has 0 unspecified atom stereocenters. The maximum Gasteiger partial charge on any atom is 0.167 e. The van der Waals surface area contributed by atoms with Crippen LogP contribution in [-0.4, -0.2) is 27.9 Å². The molecule has 0 radical (unpaired) electrons. The molecule has 1 aliphatic carbocycles. The SMILES string of the molecule is Cn1ccnc1SCCNC1CCCC1. The Hall–Kier alpha value is -0.480. The van der Waals surface area contributed by atoms with E-state index in [1.54, 1.807) is 0 Å². The predicted octanol–water partition coefficient (Wildman–Crippen LogP) is 2.04. The Morgan fingerprint density at radius 2 is 2.33 bits per heavy atom. The normalized spacial score (nSPS) is 17.4. The highest BCUT2D eigenvalue weighted by Crippen LogP contribution is 2.18.